The van der Waals surface area contributed by atoms with Crippen LogP contribution in [0.25, 0.3) is 0 Å². The van der Waals surface area contributed by atoms with E-state index in [0.29, 0.717) is 5.92 Å². The molecule has 0 aromatic carbocycles. The zero-order chi connectivity index (χ0) is 13.9. The van der Waals surface area contributed by atoms with E-state index in [0.717, 1.165) is 25.7 Å². The normalized spacial score (nSPS) is 27.0. The zero-order valence-electron chi connectivity index (χ0n) is 11.0. The average molecular weight is 266 g/mol. The molecule has 1 aromatic rings. The fraction of sp³-hybridized carbons (Fsp3) is 0.571. The first kappa shape index (κ1) is 13.9. The van der Waals surface area contributed by atoms with E-state index in [1.54, 1.807) is 0 Å². The Morgan fingerprint density at radius 1 is 1.53 bits per heavy atom. The van der Waals surface area contributed by atoms with Gasteiger partial charge >= 0.3 is 0 Å². The number of rotatable bonds is 3. The third-order valence-corrected chi connectivity index (χ3v) is 3.86. The Morgan fingerprint density at radius 3 is 2.79 bits per heavy atom. The van der Waals surface area contributed by atoms with Crippen LogP contribution in [0.5, 0.6) is 0 Å². The van der Waals surface area contributed by atoms with Crippen molar-refractivity contribution in [1.29, 1.82) is 0 Å². The number of carbonyl (C=O) groups excluding carboxylic acids is 1. The number of hydrogen-bond donors (Lipinski definition) is 2. The van der Waals surface area contributed by atoms with E-state index < -0.39 is 17.4 Å². The summed E-state index contributed by atoms with van der Waals surface area (Å²) in [4.78, 5) is 15.6. The van der Waals surface area contributed by atoms with Crippen molar-refractivity contribution < 1.29 is 14.3 Å². The van der Waals surface area contributed by atoms with Crippen LogP contribution < -0.4 is 5.32 Å². The molecule has 104 valence electrons. The summed E-state index contributed by atoms with van der Waals surface area (Å²) < 4.78 is 13.0. The second kappa shape index (κ2) is 5.65. The number of halogens is 1. The minimum absolute atomic E-state index is 0.0476. The van der Waals surface area contributed by atoms with Crippen molar-refractivity contribution in [3.05, 3.63) is 29.8 Å². The lowest BCUT2D eigenvalue weighted by Crippen LogP contribution is -2.53. The number of aliphatic hydroxyl groups excluding tert-OH is 1. The highest BCUT2D eigenvalue weighted by Gasteiger charge is 2.35. The number of aliphatic hydroxyl groups is 1. The Kier molecular flexibility index (Phi) is 4.14. The fourth-order valence-electron chi connectivity index (χ4n) is 2.48. The molecule has 0 saturated heterocycles. The molecule has 0 aliphatic heterocycles. The largest absolute Gasteiger partial charge is 0.394 e. The van der Waals surface area contributed by atoms with Crippen LogP contribution in [-0.2, 0) is 0 Å². The number of nitrogens with one attached hydrogen (secondary N) is 1. The summed E-state index contributed by atoms with van der Waals surface area (Å²) in [5, 5.41) is 12.4. The molecule has 1 heterocycles. The van der Waals surface area contributed by atoms with Crippen molar-refractivity contribution in [3.63, 3.8) is 0 Å². The van der Waals surface area contributed by atoms with Gasteiger partial charge in [-0.3, -0.25) is 4.79 Å². The summed E-state index contributed by atoms with van der Waals surface area (Å²) in [7, 11) is 0. The highest BCUT2D eigenvalue weighted by molar-refractivity contribution is 5.92. The predicted octanol–water partition coefficient (Wildman–Crippen LogP) is 1.89. The summed E-state index contributed by atoms with van der Waals surface area (Å²) in [6, 6.07) is 4.11. The Balaban J connectivity index is 2.08. The molecule has 4 nitrogen and oxygen atoms in total. The van der Waals surface area contributed by atoms with Gasteiger partial charge in [-0.1, -0.05) is 13.0 Å². The predicted molar refractivity (Wildman–Crippen MR) is 69.1 cm³/mol. The molecule has 0 atom stereocenters. The Bertz CT molecular complexity index is 457. The standard InChI is InChI=1S/C14H19FN2O2/c1-10-5-7-14(9-18,8-6-10)17-13(19)11-3-2-4-12(15)16-11/h2-4,10,18H,5-9H2,1H3,(H,17,19). The lowest BCUT2D eigenvalue weighted by Gasteiger charge is -2.38. The molecule has 1 fully saturated rings. The fourth-order valence-corrected chi connectivity index (χ4v) is 2.48. The molecule has 2 rings (SSSR count). The minimum Gasteiger partial charge on any atom is -0.394 e. The monoisotopic (exact) mass is 266 g/mol. The van der Waals surface area contributed by atoms with Crippen LogP contribution in [-0.4, -0.2) is 28.1 Å². The number of hydrogen-bond acceptors (Lipinski definition) is 3. The third-order valence-electron chi connectivity index (χ3n) is 3.86. The summed E-state index contributed by atoms with van der Waals surface area (Å²) in [6.07, 6.45) is 3.42. The first-order valence-corrected chi connectivity index (χ1v) is 6.61. The van der Waals surface area contributed by atoms with Crippen molar-refractivity contribution in [2.75, 3.05) is 6.61 Å². The molecule has 1 saturated carbocycles. The van der Waals surface area contributed by atoms with E-state index in [1.807, 2.05) is 0 Å². The molecular weight excluding hydrogens is 247 g/mol. The highest BCUT2D eigenvalue weighted by atomic mass is 19.1. The molecule has 5 heteroatoms. The number of aromatic nitrogens is 1. The molecule has 1 aromatic heterocycles. The van der Waals surface area contributed by atoms with Gasteiger partial charge in [0.15, 0.2) is 0 Å². The molecule has 1 amide bonds. The van der Waals surface area contributed by atoms with Gasteiger partial charge in [-0.25, -0.2) is 4.98 Å². The van der Waals surface area contributed by atoms with Gasteiger partial charge in [0.05, 0.1) is 12.1 Å². The van der Waals surface area contributed by atoms with Gasteiger partial charge in [0.2, 0.25) is 5.95 Å². The van der Waals surface area contributed by atoms with E-state index >= 15 is 0 Å². The molecule has 0 bridgehead atoms. The van der Waals surface area contributed by atoms with Crippen LogP contribution in [0.15, 0.2) is 18.2 Å². The quantitative estimate of drug-likeness (QED) is 0.821. The number of pyridine rings is 1. The van der Waals surface area contributed by atoms with Crippen LogP contribution in [0.3, 0.4) is 0 Å². The first-order valence-electron chi connectivity index (χ1n) is 6.61. The van der Waals surface area contributed by atoms with E-state index in [-0.39, 0.29) is 12.3 Å². The van der Waals surface area contributed by atoms with Gasteiger partial charge in [-0.2, -0.15) is 4.39 Å². The van der Waals surface area contributed by atoms with Gasteiger partial charge in [0.1, 0.15) is 5.69 Å². The molecule has 0 spiro atoms. The van der Waals surface area contributed by atoms with Crippen LogP contribution in [0.1, 0.15) is 43.1 Å². The van der Waals surface area contributed by atoms with Crippen molar-refractivity contribution in [2.45, 2.75) is 38.1 Å². The number of amides is 1. The van der Waals surface area contributed by atoms with Gasteiger partial charge in [-0.15, -0.1) is 0 Å². The minimum atomic E-state index is -0.678. The van der Waals surface area contributed by atoms with E-state index in [9.17, 15) is 14.3 Å². The SMILES string of the molecule is CC1CCC(CO)(NC(=O)c2cccc(F)n2)CC1. The number of carbonyl (C=O) groups is 1. The van der Waals surface area contributed by atoms with Gasteiger partial charge < -0.3 is 10.4 Å². The molecule has 0 unspecified atom stereocenters. The van der Waals surface area contributed by atoms with Crippen molar-refractivity contribution in [3.8, 4) is 0 Å². The maximum absolute atomic E-state index is 13.0. The summed E-state index contributed by atoms with van der Waals surface area (Å²) in [5.74, 6) is -0.491. The third kappa shape index (κ3) is 3.29. The Hall–Kier alpha value is -1.49. The van der Waals surface area contributed by atoms with Crippen LogP contribution in [0.4, 0.5) is 4.39 Å². The summed E-state index contributed by atoms with van der Waals surface area (Å²) in [5.41, 5.74) is -0.538. The highest BCUT2D eigenvalue weighted by Crippen LogP contribution is 2.31. The van der Waals surface area contributed by atoms with Gasteiger partial charge in [-0.05, 0) is 43.7 Å². The number of nitrogens with zero attached hydrogens (tertiary/aromatic N) is 1. The summed E-state index contributed by atoms with van der Waals surface area (Å²) in [6.45, 7) is 2.07. The van der Waals surface area contributed by atoms with Crippen molar-refractivity contribution in [1.82, 2.24) is 10.3 Å². The first-order chi connectivity index (χ1) is 9.04. The lowest BCUT2D eigenvalue weighted by atomic mass is 9.77. The topological polar surface area (TPSA) is 62.2 Å². The average Bonchev–Trinajstić information content (AvgIpc) is 2.42. The van der Waals surface area contributed by atoms with Crippen LogP contribution in [0, 0.1) is 11.9 Å². The van der Waals surface area contributed by atoms with Crippen molar-refractivity contribution in [2.24, 2.45) is 5.92 Å². The van der Waals surface area contributed by atoms with Crippen LogP contribution in [0.2, 0.25) is 0 Å². The molecule has 2 N–H and O–H groups in total. The van der Waals surface area contributed by atoms with E-state index in [2.05, 4.69) is 17.2 Å². The van der Waals surface area contributed by atoms with Gasteiger partial charge in [0.25, 0.3) is 5.91 Å². The molecule has 19 heavy (non-hydrogen) atoms. The second-order valence-electron chi connectivity index (χ2n) is 5.42. The molecule has 1 aliphatic rings. The molecular formula is C14H19FN2O2. The lowest BCUT2D eigenvalue weighted by molar-refractivity contribution is 0.0711. The smallest absolute Gasteiger partial charge is 0.270 e. The second-order valence-corrected chi connectivity index (χ2v) is 5.42. The van der Waals surface area contributed by atoms with E-state index in [1.165, 1.54) is 18.2 Å². The van der Waals surface area contributed by atoms with Crippen LogP contribution >= 0.6 is 0 Å². The summed E-state index contributed by atoms with van der Waals surface area (Å²) >= 11 is 0. The van der Waals surface area contributed by atoms with E-state index in [4.69, 9.17) is 0 Å². The Morgan fingerprint density at radius 2 is 2.21 bits per heavy atom. The zero-order valence-corrected chi connectivity index (χ0v) is 11.0. The molecule has 0 radical (unpaired) electrons. The maximum Gasteiger partial charge on any atom is 0.270 e. The van der Waals surface area contributed by atoms with Gasteiger partial charge in [0, 0.05) is 0 Å². The maximum atomic E-state index is 13.0. The molecule has 1 aliphatic carbocycles. The van der Waals surface area contributed by atoms with Crippen molar-refractivity contribution >= 4 is 5.91 Å². The Labute approximate surface area is 112 Å².